The van der Waals surface area contributed by atoms with Gasteiger partial charge in [-0.25, -0.2) is 9.82 Å². The van der Waals surface area contributed by atoms with Crippen molar-refractivity contribution in [1.29, 1.82) is 0 Å². The molecule has 7 nitrogen and oxygen atoms in total. The molecule has 3 atom stereocenters. The summed E-state index contributed by atoms with van der Waals surface area (Å²) in [5.41, 5.74) is 6.30. The fourth-order valence-electron chi connectivity index (χ4n) is 3.19. The van der Waals surface area contributed by atoms with Crippen LogP contribution in [0.2, 0.25) is 0 Å². The van der Waals surface area contributed by atoms with Crippen LogP contribution in [0, 0.1) is 11.7 Å². The average molecular weight is 322 g/mol. The molecule has 1 aromatic rings. The van der Waals surface area contributed by atoms with Crippen molar-refractivity contribution in [3.05, 3.63) is 35.6 Å². The Hall–Kier alpha value is -2.03. The number of hydrogen-bond acceptors (Lipinski definition) is 5. The van der Waals surface area contributed by atoms with Gasteiger partial charge in [-0.15, -0.1) is 0 Å². The van der Waals surface area contributed by atoms with Gasteiger partial charge in [-0.1, -0.05) is 12.1 Å². The first-order valence-electron chi connectivity index (χ1n) is 7.54. The molecule has 2 aliphatic heterocycles. The van der Waals surface area contributed by atoms with Crippen molar-refractivity contribution in [3.63, 3.8) is 0 Å². The molecule has 3 rings (SSSR count). The molecule has 0 bridgehead atoms. The number of carboxylic acid groups (broad SMARTS) is 1. The first-order chi connectivity index (χ1) is 11.1. The van der Waals surface area contributed by atoms with Crippen LogP contribution >= 0.6 is 0 Å². The molecule has 4 N–H and O–H groups in total. The normalized spacial score (nSPS) is 28.6. The van der Waals surface area contributed by atoms with Crippen LogP contribution in [0.5, 0.6) is 0 Å². The van der Waals surface area contributed by atoms with Crippen LogP contribution in [0.15, 0.2) is 24.3 Å². The zero-order valence-corrected chi connectivity index (χ0v) is 12.5. The summed E-state index contributed by atoms with van der Waals surface area (Å²) in [6.45, 7) is 2.12. The quantitative estimate of drug-likeness (QED) is 0.596. The molecule has 2 heterocycles. The van der Waals surface area contributed by atoms with Crippen LogP contribution in [-0.4, -0.2) is 54.1 Å². The zero-order chi connectivity index (χ0) is 16.4. The molecule has 124 valence electrons. The fraction of sp³-hybridized carbons (Fsp3) is 0.467. The topological polar surface area (TPSA) is 93.7 Å². The van der Waals surface area contributed by atoms with Gasteiger partial charge in [0.25, 0.3) is 0 Å². The van der Waals surface area contributed by atoms with Crippen LogP contribution in [0.3, 0.4) is 0 Å². The van der Waals surface area contributed by atoms with Crippen molar-refractivity contribution in [2.24, 2.45) is 5.92 Å². The van der Waals surface area contributed by atoms with Gasteiger partial charge >= 0.3 is 5.97 Å². The van der Waals surface area contributed by atoms with Crippen LogP contribution in [0.1, 0.15) is 11.6 Å². The largest absolute Gasteiger partial charge is 0.480 e. The Morgan fingerprint density at radius 3 is 2.78 bits per heavy atom. The summed E-state index contributed by atoms with van der Waals surface area (Å²) in [4.78, 5) is 25.5. The minimum atomic E-state index is -0.917. The molecule has 8 heteroatoms. The van der Waals surface area contributed by atoms with Gasteiger partial charge in [-0.3, -0.25) is 19.9 Å². The number of halogens is 1. The first kappa shape index (κ1) is 15.9. The molecule has 1 aromatic carbocycles. The predicted molar refractivity (Wildman–Crippen MR) is 79.8 cm³/mol. The van der Waals surface area contributed by atoms with E-state index in [0.29, 0.717) is 31.7 Å². The van der Waals surface area contributed by atoms with E-state index in [1.54, 1.807) is 12.1 Å². The SMILES string of the molecule is O=C(O)C1NNCC1CN1CCNC(=O)C1c1ccc(F)cc1. The van der Waals surface area contributed by atoms with E-state index >= 15 is 0 Å². The number of amides is 1. The minimum Gasteiger partial charge on any atom is -0.480 e. The van der Waals surface area contributed by atoms with Crippen molar-refractivity contribution in [3.8, 4) is 0 Å². The van der Waals surface area contributed by atoms with Crippen molar-refractivity contribution < 1.29 is 19.1 Å². The summed E-state index contributed by atoms with van der Waals surface area (Å²) in [6, 6.07) is 4.63. The molecule has 0 saturated carbocycles. The molecule has 1 amide bonds. The number of rotatable bonds is 4. The summed E-state index contributed by atoms with van der Waals surface area (Å²) >= 11 is 0. The lowest BCUT2D eigenvalue weighted by atomic mass is 9.97. The number of benzene rings is 1. The highest BCUT2D eigenvalue weighted by Crippen LogP contribution is 2.25. The Bertz CT molecular complexity index is 595. The summed E-state index contributed by atoms with van der Waals surface area (Å²) < 4.78 is 13.1. The molecule has 0 spiro atoms. The Balaban J connectivity index is 1.79. The number of carbonyl (C=O) groups is 2. The second kappa shape index (κ2) is 6.61. The van der Waals surface area contributed by atoms with Gasteiger partial charge in [0, 0.05) is 32.1 Å². The van der Waals surface area contributed by atoms with Gasteiger partial charge in [-0.05, 0) is 17.7 Å². The summed E-state index contributed by atoms with van der Waals surface area (Å²) in [6.07, 6.45) is 0. The van der Waals surface area contributed by atoms with E-state index in [0.717, 1.165) is 0 Å². The number of nitrogens with zero attached hydrogens (tertiary/aromatic N) is 1. The Kier molecular flexibility index (Phi) is 4.56. The number of piperazine rings is 1. The maximum atomic E-state index is 13.1. The van der Waals surface area contributed by atoms with E-state index in [2.05, 4.69) is 16.2 Å². The molecular formula is C15H19FN4O3. The first-order valence-corrected chi connectivity index (χ1v) is 7.54. The standard InChI is InChI=1S/C15H19FN4O3/c16-11-3-1-9(2-4-11)13-14(21)17-5-6-20(13)8-10-7-18-19-12(10)15(22)23/h1-4,10,12-13,18-19H,5-8H2,(H,17,21)(H,22,23). The summed E-state index contributed by atoms with van der Waals surface area (Å²) in [5.74, 6) is -1.57. The van der Waals surface area contributed by atoms with Crippen LogP contribution in [0.4, 0.5) is 4.39 Å². The number of carbonyl (C=O) groups excluding carboxylic acids is 1. The van der Waals surface area contributed by atoms with E-state index in [1.165, 1.54) is 12.1 Å². The molecular weight excluding hydrogens is 303 g/mol. The molecule has 0 radical (unpaired) electrons. The number of hydrazine groups is 1. The highest BCUT2D eigenvalue weighted by molar-refractivity contribution is 5.84. The van der Waals surface area contributed by atoms with Crippen LogP contribution < -0.4 is 16.2 Å². The summed E-state index contributed by atoms with van der Waals surface area (Å²) in [5, 5.41) is 12.0. The maximum absolute atomic E-state index is 13.1. The van der Waals surface area contributed by atoms with Gasteiger partial charge < -0.3 is 10.4 Å². The molecule has 23 heavy (non-hydrogen) atoms. The molecule has 0 aliphatic carbocycles. The Morgan fingerprint density at radius 1 is 1.35 bits per heavy atom. The number of carboxylic acids is 1. The smallest absolute Gasteiger partial charge is 0.322 e. The van der Waals surface area contributed by atoms with Crippen LogP contribution in [-0.2, 0) is 9.59 Å². The van der Waals surface area contributed by atoms with Crippen LogP contribution in [0.25, 0.3) is 0 Å². The highest BCUT2D eigenvalue weighted by atomic mass is 19.1. The second-order valence-corrected chi connectivity index (χ2v) is 5.84. The Labute approximate surface area is 132 Å². The van der Waals surface area contributed by atoms with Gasteiger partial charge in [0.2, 0.25) is 5.91 Å². The van der Waals surface area contributed by atoms with Gasteiger partial charge in [0.05, 0.1) is 0 Å². The van der Waals surface area contributed by atoms with Crippen molar-refractivity contribution in [2.45, 2.75) is 12.1 Å². The van der Waals surface area contributed by atoms with Crippen molar-refractivity contribution >= 4 is 11.9 Å². The molecule has 0 aromatic heterocycles. The molecule has 2 saturated heterocycles. The predicted octanol–water partition coefficient (Wildman–Crippen LogP) is -0.524. The fourth-order valence-corrected chi connectivity index (χ4v) is 3.19. The molecule has 3 unspecified atom stereocenters. The Morgan fingerprint density at radius 2 is 2.09 bits per heavy atom. The van der Waals surface area contributed by atoms with Crippen molar-refractivity contribution in [1.82, 2.24) is 21.1 Å². The monoisotopic (exact) mass is 322 g/mol. The van der Waals surface area contributed by atoms with E-state index in [4.69, 9.17) is 0 Å². The van der Waals surface area contributed by atoms with E-state index in [-0.39, 0.29) is 17.6 Å². The third kappa shape index (κ3) is 3.34. The number of nitrogens with one attached hydrogen (secondary N) is 3. The zero-order valence-electron chi connectivity index (χ0n) is 12.5. The molecule has 2 aliphatic rings. The lowest BCUT2D eigenvalue weighted by Gasteiger charge is -2.37. The van der Waals surface area contributed by atoms with Crippen molar-refractivity contribution in [2.75, 3.05) is 26.2 Å². The maximum Gasteiger partial charge on any atom is 0.322 e. The van der Waals surface area contributed by atoms with E-state index < -0.39 is 18.1 Å². The third-order valence-electron chi connectivity index (χ3n) is 4.33. The lowest BCUT2D eigenvalue weighted by molar-refractivity contribution is -0.140. The highest BCUT2D eigenvalue weighted by Gasteiger charge is 2.38. The molecule has 2 fully saturated rings. The summed E-state index contributed by atoms with van der Waals surface area (Å²) in [7, 11) is 0. The lowest BCUT2D eigenvalue weighted by Crippen LogP contribution is -2.52. The van der Waals surface area contributed by atoms with E-state index in [9.17, 15) is 19.1 Å². The van der Waals surface area contributed by atoms with Gasteiger partial charge in [-0.2, -0.15) is 0 Å². The number of hydrogen-bond donors (Lipinski definition) is 4. The third-order valence-corrected chi connectivity index (χ3v) is 4.33. The minimum absolute atomic E-state index is 0.145. The number of aliphatic carboxylic acids is 1. The van der Waals surface area contributed by atoms with Gasteiger partial charge in [0.15, 0.2) is 0 Å². The second-order valence-electron chi connectivity index (χ2n) is 5.84. The van der Waals surface area contributed by atoms with E-state index in [1.807, 2.05) is 4.90 Å². The average Bonchev–Trinajstić information content (AvgIpc) is 2.97. The van der Waals surface area contributed by atoms with Gasteiger partial charge in [0.1, 0.15) is 17.9 Å².